The molecule has 0 unspecified atom stereocenters. The Kier molecular flexibility index (Phi) is 7.04. The van der Waals surface area contributed by atoms with Crippen molar-refractivity contribution >= 4 is 82.9 Å². The molecule has 0 saturated heterocycles. The molecule has 3 aromatic heterocycles. The van der Waals surface area contributed by atoms with Gasteiger partial charge in [0.1, 0.15) is 27.9 Å². The van der Waals surface area contributed by atoms with Gasteiger partial charge in [0.15, 0.2) is 5.58 Å². The van der Waals surface area contributed by atoms with Gasteiger partial charge in [-0.2, -0.15) is 0 Å². The number of rotatable bonds is 5. The SMILES string of the molecule is CC1(C)c2ccccc2-c2ccc(N(c3ccc(-c4cccc5c4oc4ccccc45)cc3)c3cccc4c3oc3c(-c5ccccc5)c5c(cc34)oc3ccccc35)cc21. The van der Waals surface area contributed by atoms with Crippen molar-refractivity contribution in [3.63, 3.8) is 0 Å². The van der Waals surface area contributed by atoms with Gasteiger partial charge in [0.05, 0.1) is 5.69 Å². The molecule has 288 valence electrons. The lowest BCUT2D eigenvalue weighted by Gasteiger charge is -2.28. The molecular weight excluding hydrogens is 747 g/mol. The van der Waals surface area contributed by atoms with Crippen molar-refractivity contribution in [1.29, 1.82) is 0 Å². The summed E-state index contributed by atoms with van der Waals surface area (Å²) >= 11 is 0. The fraction of sp³-hybridized carbons (Fsp3) is 0.0526. The molecule has 1 aliphatic carbocycles. The summed E-state index contributed by atoms with van der Waals surface area (Å²) < 4.78 is 20.3. The zero-order valence-electron chi connectivity index (χ0n) is 33.6. The maximum absolute atomic E-state index is 7.28. The van der Waals surface area contributed by atoms with E-state index in [1.807, 2.05) is 24.3 Å². The van der Waals surface area contributed by atoms with Gasteiger partial charge in [0.25, 0.3) is 0 Å². The minimum Gasteiger partial charge on any atom is -0.456 e. The van der Waals surface area contributed by atoms with E-state index in [0.29, 0.717) is 0 Å². The van der Waals surface area contributed by atoms with Crippen LogP contribution >= 0.6 is 0 Å². The summed E-state index contributed by atoms with van der Waals surface area (Å²) in [4.78, 5) is 2.36. The van der Waals surface area contributed by atoms with Gasteiger partial charge in [0.2, 0.25) is 0 Å². The number of fused-ring (bicyclic) bond motifs is 12. The maximum atomic E-state index is 7.28. The molecule has 0 fully saturated rings. The molecule has 3 heterocycles. The lowest BCUT2D eigenvalue weighted by molar-refractivity contribution is 0.660. The molecule has 0 atom stereocenters. The number of hydrogen-bond acceptors (Lipinski definition) is 4. The first-order valence-electron chi connectivity index (χ1n) is 20.9. The van der Waals surface area contributed by atoms with E-state index in [0.717, 1.165) is 105 Å². The maximum Gasteiger partial charge on any atom is 0.159 e. The average Bonchev–Trinajstić information content (AvgIpc) is 4.05. The summed E-state index contributed by atoms with van der Waals surface area (Å²) in [5.74, 6) is 0. The lowest BCUT2D eigenvalue weighted by Crippen LogP contribution is -2.16. The van der Waals surface area contributed by atoms with Gasteiger partial charge in [-0.25, -0.2) is 0 Å². The highest BCUT2D eigenvalue weighted by molar-refractivity contribution is 6.24. The number of anilines is 3. The monoisotopic (exact) mass is 783 g/mol. The summed E-state index contributed by atoms with van der Waals surface area (Å²) in [5, 5.41) is 6.41. The highest BCUT2D eigenvalue weighted by Crippen LogP contribution is 2.52. The van der Waals surface area contributed by atoms with E-state index < -0.39 is 0 Å². The van der Waals surface area contributed by atoms with Gasteiger partial charge >= 0.3 is 0 Å². The standard InChI is InChI=1S/C57H37NO3/c1-57(2)46-22-9-6-16-39(46)40-31-30-37(32-47(40)57)58(36-28-26-34(27-29-36)38-19-12-20-42-41-17-7-10-24-49(41)60-54(38)42)48-23-13-21-43-45-33-51-53(44-18-8-11-25-50(44)59-51)52(56(45)61-55(43)48)35-14-4-3-5-15-35/h3-33H,1-2H3. The average molecular weight is 784 g/mol. The summed E-state index contributed by atoms with van der Waals surface area (Å²) in [6, 6.07) is 66.8. The van der Waals surface area contributed by atoms with E-state index >= 15 is 0 Å². The van der Waals surface area contributed by atoms with Crippen LogP contribution in [0.15, 0.2) is 201 Å². The van der Waals surface area contributed by atoms with Crippen molar-refractivity contribution in [2.24, 2.45) is 0 Å². The molecule has 4 heteroatoms. The van der Waals surface area contributed by atoms with Crippen LogP contribution in [-0.4, -0.2) is 0 Å². The number of benzene rings is 9. The summed E-state index contributed by atoms with van der Waals surface area (Å²) in [7, 11) is 0. The predicted octanol–water partition coefficient (Wildman–Crippen LogP) is 16.5. The topological polar surface area (TPSA) is 42.7 Å². The number of para-hydroxylation sites is 4. The second kappa shape index (κ2) is 12.6. The Morgan fingerprint density at radius 3 is 1.85 bits per heavy atom. The Hall–Kier alpha value is -7.82. The Morgan fingerprint density at radius 2 is 1.02 bits per heavy atom. The highest BCUT2D eigenvalue weighted by Gasteiger charge is 2.36. The second-order valence-corrected chi connectivity index (χ2v) is 16.8. The molecule has 0 N–H and O–H groups in total. The summed E-state index contributed by atoms with van der Waals surface area (Å²) in [6.45, 7) is 4.67. The first kappa shape index (κ1) is 34.1. The van der Waals surface area contributed by atoms with E-state index in [2.05, 4.69) is 183 Å². The number of hydrogen-bond donors (Lipinski definition) is 0. The molecule has 0 bridgehead atoms. The van der Waals surface area contributed by atoms with Crippen LogP contribution in [0.3, 0.4) is 0 Å². The normalized spacial score (nSPS) is 13.2. The van der Waals surface area contributed by atoms with E-state index in [4.69, 9.17) is 13.3 Å². The van der Waals surface area contributed by atoms with Crippen molar-refractivity contribution in [2.75, 3.05) is 4.90 Å². The largest absolute Gasteiger partial charge is 0.456 e. The molecule has 61 heavy (non-hydrogen) atoms. The van der Waals surface area contributed by atoms with Crippen LogP contribution in [-0.2, 0) is 5.41 Å². The van der Waals surface area contributed by atoms with Crippen molar-refractivity contribution in [1.82, 2.24) is 0 Å². The molecule has 0 spiro atoms. The number of furan rings is 3. The van der Waals surface area contributed by atoms with E-state index in [-0.39, 0.29) is 5.41 Å². The van der Waals surface area contributed by atoms with Gasteiger partial charge in [-0.05, 0) is 81.9 Å². The van der Waals surface area contributed by atoms with Crippen LogP contribution in [0.2, 0.25) is 0 Å². The van der Waals surface area contributed by atoms with Gasteiger partial charge in [0, 0.05) is 60.2 Å². The van der Waals surface area contributed by atoms with Gasteiger partial charge in [-0.1, -0.05) is 153 Å². The Morgan fingerprint density at radius 1 is 0.377 bits per heavy atom. The van der Waals surface area contributed by atoms with E-state index in [1.165, 1.54) is 22.3 Å². The van der Waals surface area contributed by atoms with Gasteiger partial charge in [-0.15, -0.1) is 0 Å². The smallest absolute Gasteiger partial charge is 0.159 e. The highest BCUT2D eigenvalue weighted by atomic mass is 16.3. The minimum absolute atomic E-state index is 0.171. The van der Waals surface area contributed by atoms with Crippen molar-refractivity contribution in [3.05, 3.63) is 199 Å². The fourth-order valence-corrected chi connectivity index (χ4v) is 10.2. The lowest BCUT2D eigenvalue weighted by atomic mass is 9.82. The van der Waals surface area contributed by atoms with Crippen LogP contribution in [0.4, 0.5) is 17.1 Å². The molecule has 12 aromatic rings. The van der Waals surface area contributed by atoms with Gasteiger partial charge in [-0.3, -0.25) is 0 Å². The zero-order chi connectivity index (χ0) is 40.4. The van der Waals surface area contributed by atoms with E-state index in [9.17, 15) is 0 Å². The Balaban J connectivity index is 1.05. The molecule has 1 aliphatic rings. The third-order valence-corrected chi connectivity index (χ3v) is 13.1. The second-order valence-electron chi connectivity index (χ2n) is 16.8. The predicted molar refractivity (Wildman–Crippen MR) is 251 cm³/mol. The zero-order valence-corrected chi connectivity index (χ0v) is 33.6. The van der Waals surface area contributed by atoms with E-state index in [1.54, 1.807) is 0 Å². The first-order chi connectivity index (χ1) is 30.0. The Labute approximate surface area is 351 Å². The molecule has 13 rings (SSSR count). The Bertz CT molecular complexity index is 3730. The molecule has 0 amide bonds. The molecule has 9 aromatic carbocycles. The van der Waals surface area contributed by atoms with Crippen molar-refractivity contribution in [3.8, 4) is 33.4 Å². The molecule has 0 radical (unpaired) electrons. The summed E-state index contributed by atoms with van der Waals surface area (Å²) in [6.07, 6.45) is 0. The molecule has 0 aliphatic heterocycles. The molecule has 0 saturated carbocycles. The van der Waals surface area contributed by atoms with Crippen LogP contribution in [0.1, 0.15) is 25.0 Å². The molecule has 4 nitrogen and oxygen atoms in total. The van der Waals surface area contributed by atoms with Crippen molar-refractivity contribution in [2.45, 2.75) is 19.3 Å². The third kappa shape index (κ3) is 4.87. The third-order valence-electron chi connectivity index (χ3n) is 13.1. The van der Waals surface area contributed by atoms with Crippen LogP contribution in [0.25, 0.3) is 99.2 Å². The van der Waals surface area contributed by atoms with Crippen LogP contribution in [0, 0.1) is 0 Å². The summed E-state index contributed by atoms with van der Waals surface area (Å²) in [5.41, 5.74) is 17.5. The first-order valence-corrected chi connectivity index (χ1v) is 20.9. The fourth-order valence-electron chi connectivity index (χ4n) is 10.2. The van der Waals surface area contributed by atoms with Crippen molar-refractivity contribution < 1.29 is 13.3 Å². The van der Waals surface area contributed by atoms with Gasteiger partial charge < -0.3 is 18.2 Å². The molecular formula is C57H37NO3. The quantitative estimate of drug-likeness (QED) is 0.174. The van der Waals surface area contributed by atoms with Crippen LogP contribution in [0.5, 0.6) is 0 Å². The minimum atomic E-state index is -0.171. The number of nitrogens with zero attached hydrogens (tertiary/aromatic N) is 1. The van der Waals surface area contributed by atoms with Crippen LogP contribution < -0.4 is 4.90 Å².